The summed E-state index contributed by atoms with van der Waals surface area (Å²) in [5.41, 5.74) is 7.73. The molecule has 0 unspecified atom stereocenters. The second kappa shape index (κ2) is 8.03. The fraction of sp³-hybridized carbons (Fsp3) is 0.500. The van der Waals surface area contributed by atoms with Crippen molar-refractivity contribution in [1.29, 1.82) is 0 Å². The van der Waals surface area contributed by atoms with Crippen LogP contribution in [-0.4, -0.2) is 23.5 Å². The van der Waals surface area contributed by atoms with E-state index in [0.29, 0.717) is 5.75 Å². The number of nitrogen functional groups attached to an aromatic ring is 1. The van der Waals surface area contributed by atoms with E-state index in [2.05, 4.69) is 17.4 Å². The van der Waals surface area contributed by atoms with Crippen LogP contribution in [0, 0.1) is 0 Å². The second-order valence-electron chi connectivity index (χ2n) is 4.62. The van der Waals surface area contributed by atoms with Crippen LogP contribution < -0.4 is 11.1 Å². The van der Waals surface area contributed by atoms with Gasteiger partial charge in [-0.25, -0.2) is 0 Å². The van der Waals surface area contributed by atoms with Gasteiger partial charge in [0.05, 0.1) is 5.75 Å². The summed E-state index contributed by atoms with van der Waals surface area (Å²) in [5.74, 6) is 1.69. The van der Waals surface area contributed by atoms with Crippen LogP contribution >= 0.6 is 11.8 Å². The molecule has 3 nitrogen and oxygen atoms in total. The van der Waals surface area contributed by atoms with E-state index in [9.17, 15) is 4.79 Å². The lowest BCUT2D eigenvalue weighted by molar-refractivity contribution is -0.119. The van der Waals surface area contributed by atoms with Gasteiger partial charge in [0.15, 0.2) is 0 Å². The number of hydrogen-bond donors (Lipinski definition) is 2. The Bertz CT molecular complexity index is 363. The number of amides is 1. The number of anilines is 1. The van der Waals surface area contributed by atoms with E-state index in [1.807, 2.05) is 26.0 Å². The largest absolute Gasteiger partial charge is 0.399 e. The molecule has 0 aliphatic rings. The summed E-state index contributed by atoms with van der Waals surface area (Å²) in [6.45, 7) is 3.95. The van der Waals surface area contributed by atoms with Crippen molar-refractivity contribution in [2.45, 2.75) is 32.7 Å². The Morgan fingerprint density at radius 3 is 2.61 bits per heavy atom. The Kier molecular flexibility index (Phi) is 6.65. The van der Waals surface area contributed by atoms with Crippen LogP contribution in [0.25, 0.3) is 0 Å². The number of nitrogens with one attached hydrogen (secondary N) is 1. The Balaban J connectivity index is 2.08. The van der Waals surface area contributed by atoms with E-state index < -0.39 is 0 Å². The van der Waals surface area contributed by atoms with E-state index in [4.69, 9.17) is 5.73 Å². The zero-order valence-corrected chi connectivity index (χ0v) is 11.9. The third-order valence-electron chi connectivity index (χ3n) is 2.42. The molecule has 1 aromatic rings. The lowest BCUT2D eigenvalue weighted by atomic mass is 10.1. The zero-order valence-electron chi connectivity index (χ0n) is 11.1. The number of hydrogen-bond acceptors (Lipinski definition) is 3. The molecular weight excluding hydrogens is 244 g/mol. The molecule has 0 aliphatic carbocycles. The van der Waals surface area contributed by atoms with Crippen molar-refractivity contribution in [3.05, 3.63) is 29.8 Å². The first kappa shape index (κ1) is 14.9. The van der Waals surface area contributed by atoms with Crippen LogP contribution in [0.15, 0.2) is 24.3 Å². The van der Waals surface area contributed by atoms with E-state index in [1.54, 1.807) is 11.8 Å². The Hall–Kier alpha value is -1.16. The maximum Gasteiger partial charge on any atom is 0.230 e. The summed E-state index contributed by atoms with van der Waals surface area (Å²) < 4.78 is 0. The summed E-state index contributed by atoms with van der Waals surface area (Å²) in [6.07, 6.45) is 2.13. The van der Waals surface area contributed by atoms with Gasteiger partial charge in [0.1, 0.15) is 0 Å². The average Bonchev–Trinajstić information content (AvgIpc) is 2.30. The van der Waals surface area contributed by atoms with Crippen LogP contribution in [0.5, 0.6) is 0 Å². The third-order valence-corrected chi connectivity index (χ3v) is 3.46. The highest BCUT2D eigenvalue weighted by Crippen LogP contribution is 2.10. The molecule has 18 heavy (non-hydrogen) atoms. The van der Waals surface area contributed by atoms with Gasteiger partial charge >= 0.3 is 0 Å². The molecule has 0 aromatic heterocycles. The first-order chi connectivity index (χ1) is 8.58. The molecule has 0 aliphatic heterocycles. The number of nitrogens with two attached hydrogens (primary N) is 1. The minimum absolute atomic E-state index is 0.127. The van der Waals surface area contributed by atoms with Gasteiger partial charge in [-0.05, 0) is 50.1 Å². The summed E-state index contributed by atoms with van der Waals surface area (Å²) in [7, 11) is 0. The molecule has 1 aromatic carbocycles. The second-order valence-corrected chi connectivity index (χ2v) is 5.73. The van der Waals surface area contributed by atoms with Crippen molar-refractivity contribution in [1.82, 2.24) is 5.32 Å². The average molecular weight is 266 g/mol. The van der Waals surface area contributed by atoms with E-state index >= 15 is 0 Å². The lowest BCUT2D eigenvalue weighted by Gasteiger charge is -2.07. The smallest absolute Gasteiger partial charge is 0.230 e. The van der Waals surface area contributed by atoms with Crippen molar-refractivity contribution in [3.63, 3.8) is 0 Å². The summed E-state index contributed by atoms with van der Waals surface area (Å²) >= 11 is 1.69. The topological polar surface area (TPSA) is 55.1 Å². The van der Waals surface area contributed by atoms with Gasteiger partial charge in [0.2, 0.25) is 5.91 Å². The van der Waals surface area contributed by atoms with Crippen molar-refractivity contribution >= 4 is 23.4 Å². The fourth-order valence-corrected chi connectivity index (χ4v) is 2.35. The number of rotatable bonds is 7. The SMILES string of the molecule is CC(C)NC(=O)CSCCCc1ccc(N)cc1. The monoisotopic (exact) mass is 266 g/mol. The van der Waals surface area contributed by atoms with E-state index in [-0.39, 0.29) is 11.9 Å². The molecule has 4 heteroatoms. The minimum Gasteiger partial charge on any atom is -0.399 e. The summed E-state index contributed by atoms with van der Waals surface area (Å²) in [5, 5.41) is 2.88. The molecule has 0 atom stereocenters. The Morgan fingerprint density at radius 1 is 1.33 bits per heavy atom. The molecule has 0 spiro atoms. The van der Waals surface area contributed by atoms with Crippen LogP contribution in [0.1, 0.15) is 25.8 Å². The van der Waals surface area contributed by atoms with Gasteiger partial charge in [0, 0.05) is 11.7 Å². The molecule has 0 saturated heterocycles. The van der Waals surface area contributed by atoms with Crippen LogP contribution in [0.2, 0.25) is 0 Å². The molecule has 0 radical (unpaired) electrons. The van der Waals surface area contributed by atoms with Gasteiger partial charge in [0.25, 0.3) is 0 Å². The summed E-state index contributed by atoms with van der Waals surface area (Å²) in [4.78, 5) is 11.4. The van der Waals surface area contributed by atoms with Crippen LogP contribution in [-0.2, 0) is 11.2 Å². The highest BCUT2D eigenvalue weighted by atomic mass is 32.2. The first-order valence-corrected chi connectivity index (χ1v) is 7.45. The molecular formula is C14H22N2OS. The van der Waals surface area contributed by atoms with Gasteiger partial charge in [-0.1, -0.05) is 12.1 Å². The normalized spacial score (nSPS) is 10.6. The lowest BCUT2D eigenvalue weighted by Crippen LogP contribution is -2.31. The van der Waals surface area contributed by atoms with Crippen molar-refractivity contribution in [2.24, 2.45) is 0 Å². The predicted molar refractivity (Wildman–Crippen MR) is 79.8 cm³/mol. The third kappa shape index (κ3) is 6.55. The highest BCUT2D eigenvalue weighted by Gasteiger charge is 2.02. The van der Waals surface area contributed by atoms with Crippen molar-refractivity contribution in [3.8, 4) is 0 Å². The number of carbonyl (C=O) groups is 1. The molecule has 0 bridgehead atoms. The molecule has 1 rings (SSSR count). The van der Waals surface area contributed by atoms with Gasteiger partial charge in [-0.3, -0.25) is 4.79 Å². The highest BCUT2D eigenvalue weighted by molar-refractivity contribution is 7.99. The maximum absolute atomic E-state index is 11.4. The molecule has 3 N–H and O–H groups in total. The van der Waals surface area contributed by atoms with Gasteiger partial charge in [-0.15, -0.1) is 0 Å². The Morgan fingerprint density at radius 2 is 2.00 bits per heavy atom. The maximum atomic E-state index is 11.4. The van der Waals surface area contributed by atoms with Crippen LogP contribution in [0.4, 0.5) is 5.69 Å². The zero-order chi connectivity index (χ0) is 13.4. The standard InChI is InChI=1S/C14H22N2OS/c1-11(2)16-14(17)10-18-9-3-4-12-5-7-13(15)8-6-12/h5-8,11H,3-4,9-10,15H2,1-2H3,(H,16,17). The van der Waals surface area contributed by atoms with Crippen molar-refractivity contribution < 1.29 is 4.79 Å². The van der Waals surface area contributed by atoms with E-state index in [0.717, 1.165) is 24.3 Å². The number of carbonyl (C=O) groups excluding carboxylic acids is 1. The van der Waals surface area contributed by atoms with Crippen molar-refractivity contribution in [2.75, 3.05) is 17.2 Å². The predicted octanol–water partition coefficient (Wildman–Crippen LogP) is 2.46. The first-order valence-electron chi connectivity index (χ1n) is 6.29. The fourth-order valence-electron chi connectivity index (χ4n) is 1.59. The number of thioether (sulfide) groups is 1. The van der Waals surface area contributed by atoms with Gasteiger partial charge < -0.3 is 11.1 Å². The van der Waals surface area contributed by atoms with Gasteiger partial charge in [-0.2, -0.15) is 11.8 Å². The van der Waals surface area contributed by atoms with E-state index in [1.165, 1.54) is 5.56 Å². The molecule has 100 valence electrons. The quantitative estimate of drug-likeness (QED) is 0.589. The summed E-state index contributed by atoms with van der Waals surface area (Å²) in [6, 6.07) is 8.21. The molecule has 0 heterocycles. The molecule has 0 fully saturated rings. The molecule has 1 amide bonds. The Labute approximate surface area is 114 Å². The van der Waals surface area contributed by atoms with Crippen LogP contribution in [0.3, 0.4) is 0 Å². The number of benzene rings is 1. The molecule has 0 saturated carbocycles. The number of aryl methyl sites for hydroxylation is 1. The minimum atomic E-state index is 0.127.